The Labute approximate surface area is 105 Å². The maximum atomic E-state index is 11.5. The van der Waals surface area contributed by atoms with Crippen LogP contribution in [0.2, 0.25) is 0 Å². The van der Waals surface area contributed by atoms with E-state index in [9.17, 15) is 9.90 Å². The number of halogens is 1. The highest BCUT2D eigenvalue weighted by Crippen LogP contribution is 2.33. The summed E-state index contributed by atoms with van der Waals surface area (Å²) in [6.45, 7) is 4.74. The molecule has 7 heteroatoms. The first-order valence-electron chi connectivity index (χ1n) is 5.67. The van der Waals surface area contributed by atoms with Crippen LogP contribution in [0.1, 0.15) is 0 Å². The van der Waals surface area contributed by atoms with E-state index in [1.807, 2.05) is 11.0 Å². The molecule has 0 aromatic carbocycles. The van der Waals surface area contributed by atoms with Crippen molar-refractivity contribution in [3.05, 3.63) is 11.6 Å². The Morgan fingerprint density at radius 2 is 2.00 bits per heavy atom. The van der Waals surface area contributed by atoms with Crippen LogP contribution in [-0.4, -0.2) is 76.3 Å². The Morgan fingerprint density at radius 3 is 2.53 bits per heavy atom. The van der Waals surface area contributed by atoms with Crippen LogP contribution < -0.4 is 0 Å². The molecule has 0 radical (unpaired) electrons. The molecule has 4 fully saturated rings. The zero-order valence-corrected chi connectivity index (χ0v) is 10.3. The van der Waals surface area contributed by atoms with Crippen LogP contribution in [0.5, 0.6) is 0 Å². The molecule has 0 spiro atoms. The Bertz CT molecular complexity index is 361. The molecule has 0 saturated carbocycles. The summed E-state index contributed by atoms with van der Waals surface area (Å²) in [6.07, 6.45) is 1.42. The van der Waals surface area contributed by atoms with Crippen molar-refractivity contribution in [3.8, 4) is 0 Å². The van der Waals surface area contributed by atoms with Crippen LogP contribution in [0.15, 0.2) is 11.6 Å². The monoisotopic (exact) mass is 259 g/mol. The topological polar surface area (TPSA) is 47.0 Å². The molecule has 0 aromatic rings. The van der Waals surface area contributed by atoms with E-state index in [0.717, 1.165) is 33.3 Å². The van der Waals surface area contributed by atoms with Gasteiger partial charge in [-0.1, -0.05) is 11.6 Å². The molecule has 17 heavy (non-hydrogen) atoms. The van der Waals surface area contributed by atoms with Gasteiger partial charge in [-0.15, -0.1) is 0 Å². The number of hydrogen-bond donors (Lipinski definition) is 1. The highest BCUT2D eigenvalue weighted by Gasteiger charge is 2.57. The summed E-state index contributed by atoms with van der Waals surface area (Å²) in [4.78, 5) is 18.1. The molecule has 4 heterocycles. The lowest BCUT2D eigenvalue weighted by Crippen LogP contribution is -2.84. The van der Waals surface area contributed by atoms with Gasteiger partial charge in [-0.2, -0.15) is 0 Å². The first-order chi connectivity index (χ1) is 8.14. The Morgan fingerprint density at radius 1 is 1.35 bits per heavy atom. The van der Waals surface area contributed by atoms with Crippen LogP contribution >= 0.6 is 11.6 Å². The number of carboxylic acids is 1. The van der Waals surface area contributed by atoms with Crippen LogP contribution in [0.3, 0.4) is 0 Å². The van der Waals surface area contributed by atoms with Gasteiger partial charge in [0, 0.05) is 5.54 Å². The number of carbonyl (C=O) groups is 1. The molecular weight excluding hydrogens is 244 g/mol. The lowest BCUT2D eigenvalue weighted by atomic mass is 10.2. The van der Waals surface area contributed by atoms with Crippen molar-refractivity contribution in [2.75, 3.05) is 39.9 Å². The molecule has 0 aliphatic carbocycles. The number of rotatable bonds is 3. The molecule has 94 valence electrons. The maximum Gasteiger partial charge on any atom is 0.379 e. The third-order valence-electron chi connectivity index (χ3n) is 3.77. The molecule has 4 aliphatic heterocycles. The zero-order valence-electron chi connectivity index (χ0n) is 9.50. The number of aliphatic carboxylic acids is 1. The molecule has 1 N–H and O–H groups in total. The summed E-state index contributed by atoms with van der Waals surface area (Å²) in [5.41, 5.74) is 1.48. The normalized spacial score (nSPS) is 47.8. The summed E-state index contributed by atoms with van der Waals surface area (Å²) in [5, 5.41) is 9.46. The third kappa shape index (κ3) is 1.68. The molecule has 0 aromatic heterocycles. The molecule has 4 aliphatic rings. The highest BCUT2D eigenvalue weighted by molar-refractivity contribution is 6.25. The van der Waals surface area contributed by atoms with Crippen molar-refractivity contribution in [2.24, 2.45) is 0 Å². The van der Waals surface area contributed by atoms with Gasteiger partial charge in [-0.05, 0) is 6.08 Å². The number of quaternary nitrogens is 1. The number of hydrogen-bond acceptors (Lipinski definition) is 4. The van der Waals surface area contributed by atoms with Gasteiger partial charge in [0.1, 0.15) is 19.9 Å². The molecular formula is C10H16ClN4O2+. The van der Waals surface area contributed by atoms with E-state index < -0.39 is 12.1 Å². The fourth-order valence-corrected chi connectivity index (χ4v) is 3.54. The van der Waals surface area contributed by atoms with Crippen LogP contribution in [-0.2, 0) is 4.79 Å². The standard InChI is InChI=1S/C10H15ClN4O2/c11-2-1-3-15-7-12-4-13(8-15)6-14(5-12)9(15)10(16)17/h1-2,9H,3-8H2/p+1/t9-/m1/s1. The first kappa shape index (κ1) is 11.4. The third-order valence-corrected chi connectivity index (χ3v) is 3.95. The van der Waals surface area contributed by atoms with E-state index in [-0.39, 0.29) is 0 Å². The fourth-order valence-electron chi connectivity index (χ4n) is 3.46. The Kier molecular flexibility index (Phi) is 2.64. The molecule has 4 bridgehead atoms. The smallest absolute Gasteiger partial charge is 0.379 e. The minimum absolute atomic E-state index is 0.435. The van der Waals surface area contributed by atoms with Gasteiger partial charge in [0.15, 0.2) is 0 Å². The van der Waals surface area contributed by atoms with Crippen molar-refractivity contribution in [3.63, 3.8) is 0 Å². The van der Waals surface area contributed by atoms with Crippen LogP contribution in [0.4, 0.5) is 0 Å². The predicted molar refractivity (Wildman–Crippen MR) is 61.4 cm³/mol. The van der Waals surface area contributed by atoms with E-state index in [1.165, 1.54) is 5.54 Å². The summed E-state index contributed by atoms with van der Waals surface area (Å²) in [6, 6.07) is 0. The zero-order chi connectivity index (χ0) is 12.0. The molecule has 4 saturated heterocycles. The van der Waals surface area contributed by atoms with Crippen LogP contribution in [0.25, 0.3) is 0 Å². The molecule has 0 amide bonds. The minimum atomic E-state index is -0.728. The Hall–Kier alpha value is -0.660. The van der Waals surface area contributed by atoms with Gasteiger partial charge in [0.2, 0.25) is 6.17 Å². The summed E-state index contributed by atoms with van der Waals surface area (Å²) >= 11 is 5.59. The van der Waals surface area contributed by atoms with Crippen molar-refractivity contribution < 1.29 is 14.4 Å². The van der Waals surface area contributed by atoms with Gasteiger partial charge in [0.25, 0.3) is 0 Å². The SMILES string of the molecule is O=C(O)[C@@H]1N2CN3CN(C2)C[N+]1(CC=CCl)C3. The fraction of sp³-hybridized carbons (Fsp3) is 0.700. The molecule has 3 atom stereocenters. The summed E-state index contributed by atoms with van der Waals surface area (Å²) in [5.74, 6) is -0.728. The van der Waals surface area contributed by atoms with Gasteiger partial charge in [0.05, 0.1) is 20.0 Å². The molecule has 4 rings (SSSR count). The second kappa shape index (κ2) is 3.93. The van der Waals surface area contributed by atoms with E-state index in [0.29, 0.717) is 11.0 Å². The van der Waals surface area contributed by atoms with E-state index in [1.54, 1.807) is 0 Å². The summed E-state index contributed by atoms with van der Waals surface area (Å²) < 4.78 is 0.540. The average Bonchev–Trinajstić information content (AvgIpc) is 2.24. The molecule has 6 nitrogen and oxygen atoms in total. The average molecular weight is 260 g/mol. The largest absolute Gasteiger partial charge is 0.476 e. The van der Waals surface area contributed by atoms with Gasteiger partial charge >= 0.3 is 5.97 Å². The number of nitrogens with zero attached hydrogens (tertiary/aromatic N) is 4. The van der Waals surface area contributed by atoms with Crippen LogP contribution in [0, 0.1) is 0 Å². The van der Waals surface area contributed by atoms with Gasteiger partial charge in [-0.3, -0.25) is 4.48 Å². The minimum Gasteiger partial charge on any atom is -0.476 e. The van der Waals surface area contributed by atoms with Crippen molar-refractivity contribution in [1.29, 1.82) is 0 Å². The first-order valence-corrected chi connectivity index (χ1v) is 6.11. The van der Waals surface area contributed by atoms with E-state index >= 15 is 0 Å². The summed E-state index contributed by atoms with van der Waals surface area (Å²) in [7, 11) is 0. The lowest BCUT2D eigenvalue weighted by Gasteiger charge is -2.63. The lowest BCUT2D eigenvalue weighted by molar-refractivity contribution is -0.991. The number of carboxylic acid groups (broad SMARTS) is 1. The van der Waals surface area contributed by atoms with E-state index in [2.05, 4.69) is 9.80 Å². The maximum absolute atomic E-state index is 11.5. The Balaban J connectivity index is 1.94. The predicted octanol–water partition coefficient (Wildman–Crippen LogP) is -0.299. The highest BCUT2D eigenvalue weighted by atomic mass is 35.5. The van der Waals surface area contributed by atoms with Gasteiger partial charge < -0.3 is 5.11 Å². The van der Waals surface area contributed by atoms with Crippen molar-refractivity contribution >= 4 is 17.6 Å². The van der Waals surface area contributed by atoms with Crippen molar-refractivity contribution in [1.82, 2.24) is 14.7 Å². The molecule has 2 unspecified atom stereocenters. The van der Waals surface area contributed by atoms with E-state index in [4.69, 9.17) is 11.6 Å². The second-order valence-corrected chi connectivity index (χ2v) is 5.36. The quantitative estimate of drug-likeness (QED) is 0.706. The van der Waals surface area contributed by atoms with Crippen molar-refractivity contribution in [2.45, 2.75) is 6.17 Å². The van der Waals surface area contributed by atoms with Gasteiger partial charge in [-0.25, -0.2) is 19.5 Å². The second-order valence-electron chi connectivity index (χ2n) is 5.11.